The van der Waals surface area contributed by atoms with Crippen molar-refractivity contribution in [2.45, 2.75) is 45.2 Å². The molecule has 3 rings (SSSR count). The first-order valence-electron chi connectivity index (χ1n) is 12.0. The van der Waals surface area contributed by atoms with Gasteiger partial charge in [0, 0.05) is 18.1 Å². The molecule has 0 aliphatic rings. The summed E-state index contributed by atoms with van der Waals surface area (Å²) >= 11 is 6.03. The molecule has 0 bridgehead atoms. The van der Waals surface area contributed by atoms with Crippen LogP contribution in [-0.4, -0.2) is 30.4 Å². The monoisotopic (exact) mass is 492 g/mol. The number of hydrogen-bond donors (Lipinski definition) is 1. The Hall–Kier alpha value is -3.31. The minimum Gasteiger partial charge on any atom is -0.497 e. The number of halogens is 1. The van der Waals surface area contributed by atoms with Crippen LogP contribution in [0.4, 0.5) is 0 Å². The Balaban J connectivity index is 1.94. The first-order chi connectivity index (χ1) is 17.0. The lowest BCUT2D eigenvalue weighted by Crippen LogP contribution is -2.44. The second-order valence-electron chi connectivity index (χ2n) is 8.48. The molecule has 2 amide bonds. The maximum Gasteiger partial charge on any atom is 0.247 e. The van der Waals surface area contributed by atoms with Gasteiger partial charge in [-0.15, -0.1) is 0 Å². The molecule has 3 aromatic rings. The van der Waals surface area contributed by atoms with Gasteiger partial charge in [-0.2, -0.15) is 0 Å². The van der Waals surface area contributed by atoms with Gasteiger partial charge in [-0.3, -0.25) is 9.59 Å². The minimum atomic E-state index is -0.750. The molecular weight excluding hydrogens is 460 g/mol. The van der Waals surface area contributed by atoms with Crippen molar-refractivity contribution in [3.63, 3.8) is 0 Å². The highest BCUT2D eigenvalue weighted by molar-refractivity contribution is 6.30. The summed E-state index contributed by atoms with van der Waals surface area (Å²) in [5.41, 5.74) is 2.53. The SMILES string of the molecule is CCCCCNC(=O)C(c1ccccc1)N(Cc1ccc(OC)cc1)C(=O)Cc1ccc(Cl)cc1. The number of nitrogens with zero attached hydrogens (tertiary/aromatic N) is 1. The lowest BCUT2D eigenvalue weighted by Gasteiger charge is -2.32. The zero-order valence-electron chi connectivity index (χ0n) is 20.4. The van der Waals surface area contributed by atoms with Crippen LogP contribution in [0.1, 0.15) is 48.9 Å². The summed E-state index contributed by atoms with van der Waals surface area (Å²) in [6.45, 7) is 3.00. The van der Waals surface area contributed by atoms with Gasteiger partial charge in [0.2, 0.25) is 11.8 Å². The summed E-state index contributed by atoms with van der Waals surface area (Å²) in [5.74, 6) is 0.423. The molecule has 0 aliphatic carbocycles. The molecule has 0 saturated heterocycles. The van der Waals surface area contributed by atoms with Gasteiger partial charge < -0.3 is 15.0 Å². The van der Waals surface area contributed by atoms with Gasteiger partial charge in [-0.25, -0.2) is 0 Å². The molecule has 0 radical (unpaired) electrons. The maximum atomic E-state index is 13.7. The van der Waals surface area contributed by atoms with Crippen LogP contribution in [0.15, 0.2) is 78.9 Å². The number of methoxy groups -OCH3 is 1. The quantitative estimate of drug-likeness (QED) is 0.317. The summed E-state index contributed by atoms with van der Waals surface area (Å²) in [4.78, 5) is 28.9. The van der Waals surface area contributed by atoms with E-state index in [-0.39, 0.29) is 18.2 Å². The van der Waals surface area contributed by atoms with E-state index in [9.17, 15) is 9.59 Å². The first-order valence-corrected chi connectivity index (χ1v) is 12.4. The standard InChI is InChI=1S/C29H33ClN2O3/c1-3-4-8-19-31-29(34)28(24-9-6-5-7-10-24)32(21-23-13-17-26(35-2)18-14-23)27(33)20-22-11-15-25(30)16-12-22/h5-7,9-18,28H,3-4,8,19-21H2,1-2H3,(H,31,34). The normalized spacial score (nSPS) is 11.5. The lowest BCUT2D eigenvalue weighted by atomic mass is 10.0. The summed E-state index contributed by atoms with van der Waals surface area (Å²) in [5, 5.41) is 3.67. The number of ether oxygens (including phenoxy) is 1. The Morgan fingerprint density at radius 2 is 1.57 bits per heavy atom. The van der Waals surface area contributed by atoms with Gasteiger partial charge in [0.25, 0.3) is 0 Å². The number of rotatable bonds is 12. The average Bonchev–Trinajstić information content (AvgIpc) is 2.88. The first kappa shape index (κ1) is 26.3. The summed E-state index contributed by atoms with van der Waals surface area (Å²) in [6.07, 6.45) is 3.18. The topological polar surface area (TPSA) is 58.6 Å². The van der Waals surface area contributed by atoms with Crippen LogP contribution in [0.3, 0.4) is 0 Å². The summed E-state index contributed by atoms with van der Waals surface area (Å²) in [6, 6.07) is 23.5. The van der Waals surface area contributed by atoms with Gasteiger partial charge in [0.15, 0.2) is 0 Å². The Bertz CT molecular complexity index is 1070. The molecule has 1 atom stereocenters. The van der Waals surface area contributed by atoms with Crippen LogP contribution < -0.4 is 10.1 Å². The molecule has 5 nitrogen and oxygen atoms in total. The minimum absolute atomic E-state index is 0.138. The van der Waals surface area contributed by atoms with Crippen molar-refractivity contribution in [1.82, 2.24) is 10.2 Å². The largest absolute Gasteiger partial charge is 0.497 e. The highest BCUT2D eigenvalue weighted by Gasteiger charge is 2.31. The zero-order valence-corrected chi connectivity index (χ0v) is 21.1. The van der Waals surface area contributed by atoms with Gasteiger partial charge in [-0.1, -0.05) is 86.0 Å². The van der Waals surface area contributed by atoms with Crippen LogP contribution in [0.5, 0.6) is 5.75 Å². The van der Waals surface area contributed by atoms with Gasteiger partial charge >= 0.3 is 0 Å². The summed E-state index contributed by atoms with van der Waals surface area (Å²) < 4.78 is 5.27. The number of carbonyl (C=O) groups is 2. The third-order valence-electron chi connectivity index (χ3n) is 5.86. The fourth-order valence-electron chi connectivity index (χ4n) is 3.92. The Labute approximate surface area is 213 Å². The third kappa shape index (κ3) is 7.86. The van der Waals surface area contributed by atoms with Gasteiger partial charge in [0.05, 0.1) is 13.5 Å². The number of hydrogen-bond acceptors (Lipinski definition) is 3. The number of unbranched alkanes of at least 4 members (excludes halogenated alkanes) is 2. The van der Waals surface area contributed by atoms with Crippen molar-refractivity contribution >= 4 is 23.4 Å². The second-order valence-corrected chi connectivity index (χ2v) is 8.92. The second kappa shape index (κ2) is 13.5. The Morgan fingerprint density at radius 1 is 0.914 bits per heavy atom. The van der Waals surface area contributed by atoms with Crippen molar-refractivity contribution < 1.29 is 14.3 Å². The van der Waals surface area contributed by atoms with Crippen molar-refractivity contribution in [3.05, 3.63) is 101 Å². The molecular formula is C29H33ClN2O3. The molecule has 0 heterocycles. The number of nitrogens with one attached hydrogen (secondary N) is 1. The van der Waals surface area contributed by atoms with Crippen molar-refractivity contribution in [2.75, 3.05) is 13.7 Å². The van der Waals surface area contributed by atoms with Crippen molar-refractivity contribution in [2.24, 2.45) is 0 Å². The van der Waals surface area contributed by atoms with E-state index >= 15 is 0 Å². The number of benzene rings is 3. The molecule has 184 valence electrons. The Morgan fingerprint density at radius 3 is 2.20 bits per heavy atom. The molecule has 1 N–H and O–H groups in total. The van der Waals surface area contributed by atoms with E-state index in [0.717, 1.165) is 41.7 Å². The molecule has 0 spiro atoms. The molecule has 35 heavy (non-hydrogen) atoms. The fourth-order valence-corrected chi connectivity index (χ4v) is 4.05. The fraction of sp³-hybridized carbons (Fsp3) is 0.310. The van der Waals surface area contributed by atoms with Gasteiger partial charge in [-0.05, 0) is 47.4 Å². The average molecular weight is 493 g/mol. The van der Waals surface area contributed by atoms with E-state index < -0.39 is 6.04 Å². The third-order valence-corrected chi connectivity index (χ3v) is 6.11. The number of carbonyl (C=O) groups excluding carboxylic acids is 2. The molecule has 6 heteroatoms. The van der Waals surface area contributed by atoms with E-state index in [1.807, 2.05) is 66.7 Å². The van der Waals surface area contributed by atoms with Crippen molar-refractivity contribution in [3.8, 4) is 5.75 Å². The molecule has 0 aliphatic heterocycles. The molecule has 0 fully saturated rings. The highest BCUT2D eigenvalue weighted by atomic mass is 35.5. The van der Waals surface area contributed by atoms with Crippen LogP contribution in [0.2, 0.25) is 5.02 Å². The molecule has 1 unspecified atom stereocenters. The number of amides is 2. The van der Waals surface area contributed by atoms with E-state index in [0.29, 0.717) is 18.1 Å². The smallest absolute Gasteiger partial charge is 0.247 e. The van der Waals surface area contributed by atoms with E-state index in [1.54, 1.807) is 24.1 Å². The van der Waals surface area contributed by atoms with Gasteiger partial charge in [0.1, 0.15) is 11.8 Å². The zero-order chi connectivity index (χ0) is 25.0. The maximum absolute atomic E-state index is 13.7. The molecule has 0 saturated carbocycles. The van der Waals surface area contributed by atoms with Crippen LogP contribution in [-0.2, 0) is 22.6 Å². The predicted molar refractivity (Wildman–Crippen MR) is 140 cm³/mol. The van der Waals surface area contributed by atoms with Crippen LogP contribution >= 0.6 is 11.6 Å². The highest BCUT2D eigenvalue weighted by Crippen LogP contribution is 2.26. The molecule has 0 aromatic heterocycles. The van der Waals surface area contributed by atoms with Crippen LogP contribution in [0, 0.1) is 0 Å². The Kier molecular flexibility index (Phi) is 10.2. The summed E-state index contributed by atoms with van der Waals surface area (Å²) in [7, 11) is 1.62. The van der Waals surface area contributed by atoms with Crippen molar-refractivity contribution in [1.29, 1.82) is 0 Å². The van der Waals surface area contributed by atoms with E-state index in [1.165, 1.54) is 0 Å². The molecule has 3 aromatic carbocycles. The predicted octanol–water partition coefficient (Wildman–Crippen LogP) is 5.97. The van der Waals surface area contributed by atoms with Crippen LogP contribution in [0.25, 0.3) is 0 Å². The lowest BCUT2D eigenvalue weighted by molar-refractivity contribution is -0.141. The van der Waals surface area contributed by atoms with E-state index in [4.69, 9.17) is 16.3 Å². The van der Waals surface area contributed by atoms with E-state index in [2.05, 4.69) is 12.2 Å².